The summed E-state index contributed by atoms with van der Waals surface area (Å²) in [4.78, 5) is 50.5. The number of anilines is 2. The van der Waals surface area contributed by atoms with Crippen molar-refractivity contribution >= 4 is 63.6 Å². The number of esters is 2. The second-order valence-electron chi connectivity index (χ2n) is 15.4. The maximum Gasteiger partial charge on any atom is 0.494 e. The molecule has 1 saturated heterocycles. The van der Waals surface area contributed by atoms with E-state index in [1.54, 1.807) is 44.6 Å². The maximum atomic E-state index is 12.0. The normalized spacial score (nSPS) is 15.4. The van der Waals surface area contributed by atoms with Crippen LogP contribution in [-0.2, 0) is 41.2 Å². The first-order valence-electron chi connectivity index (χ1n) is 19.9. The number of ether oxygens (including phenoxy) is 4. The molecule has 0 bridgehead atoms. The molecular weight excluding hydrogens is 831 g/mol. The van der Waals surface area contributed by atoms with E-state index >= 15 is 0 Å². The zero-order valence-electron chi connectivity index (χ0n) is 36.1. The zero-order chi connectivity index (χ0) is 43.9. The van der Waals surface area contributed by atoms with E-state index in [1.807, 2.05) is 54.0 Å². The second kappa shape index (κ2) is 19.5. The van der Waals surface area contributed by atoms with Gasteiger partial charge in [-0.05, 0) is 133 Å². The Morgan fingerprint density at radius 3 is 1.63 bits per heavy atom. The van der Waals surface area contributed by atoms with Gasteiger partial charge in [0.1, 0.15) is 11.5 Å². The highest BCUT2D eigenvalue weighted by Gasteiger charge is 2.51. The van der Waals surface area contributed by atoms with Crippen molar-refractivity contribution in [2.75, 3.05) is 51.3 Å². The Bertz CT molecular complexity index is 2230. The van der Waals surface area contributed by atoms with Gasteiger partial charge in [-0.15, -0.1) is 0 Å². The van der Waals surface area contributed by atoms with E-state index < -0.39 is 5.97 Å². The molecule has 7 rings (SSSR count). The fourth-order valence-corrected chi connectivity index (χ4v) is 7.50. The van der Waals surface area contributed by atoms with Gasteiger partial charge in [0.15, 0.2) is 0 Å². The van der Waals surface area contributed by atoms with Crippen molar-refractivity contribution in [3.05, 3.63) is 99.5 Å². The van der Waals surface area contributed by atoms with Gasteiger partial charge in [-0.1, -0.05) is 32.0 Å². The fraction of sp³-hybridized carbons (Fsp3) is 0.391. The highest BCUT2D eigenvalue weighted by atomic mass is 79.9. The van der Waals surface area contributed by atoms with Crippen LogP contribution in [0.1, 0.15) is 86.2 Å². The number of hydrogen-bond acceptors (Lipinski definition) is 10. The van der Waals surface area contributed by atoms with Gasteiger partial charge in [0.2, 0.25) is 11.8 Å². The quantitative estimate of drug-likeness (QED) is 0.127. The van der Waals surface area contributed by atoms with Crippen molar-refractivity contribution in [2.24, 2.45) is 0 Å². The molecule has 0 saturated carbocycles. The molecule has 3 aliphatic rings. The maximum absolute atomic E-state index is 12.0. The van der Waals surface area contributed by atoms with Gasteiger partial charge < -0.3 is 38.1 Å². The molecule has 14 heteroatoms. The standard InChI is InChI=1S/C20H21NO4.C17H24BNO3.C9H9BrO3/c1-4-19(22)21-10-9-14-11-13(6-8-17(14)21)16-7-5-15(20(23)25-3)12-18(16)24-2;1-6-15(20)19-10-9-12-11-13(7-8-14(12)19)18-21-16(2,3)17(4,5)22-18;1-12-8-5-6(9(11)13-2)3-4-7(8)10/h5-8,11-12H,4,9-10H2,1-3H3;7-8,11H,6,9-10H2,1-5H3;3-5H,1-2H3. The Balaban J connectivity index is 0.000000179. The lowest BCUT2D eigenvalue weighted by Crippen LogP contribution is -2.41. The highest BCUT2D eigenvalue weighted by Crippen LogP contribution is 2.38. The molecule has 3 aliphatic heterocycles. The summed E-state index contributed by atoms with van der Waals surface area (Å²) >= 11 is 3.28. The SMILES string of the molecule is CCC(=O)N1CCc2cc(-c3ccc(C(=O)OC)cc3OC)ccc21.CCC(=O)N1CCc2cc(B3OC(C)(C)C(C)(C)O3)ccc21.COC(=O)c1ccc(Br)c(OC)c1. The average Bonchev–Trinajstić information content (AvgIpc) is 3.95. The van der Waals surface area contributed by atoms with E-state index in [-0.39, 0.29) is 36.1 Å². The Kier molecular flexibility index (Phi) is 14.9. The van der Waals surface area contributed by atoms with E-state index in [2.05, 4.69) is 60.5 Å². The smallest absolute Gasteiger partial charge is 0.494 e. The summed E-state index contributed by atoms with van der Waals surface area (Å²) in [6.07, 6.45) is 2.79. The molecule has 1 fully saturated rings. The molecule has 0 aromatic heterocycles. The van der Waals surface area contributed by atoms with E-state index in [4.69, 9.17) is 23.5 Å². The van der Waals surface area contributed by atoms with Crippen LogP contribution < -0.4 is 24.7 Å². The molecule has 0 N–H and O–H groups in total. The van der Waals surface area contributed by atoms with Gasteiger partial charge in [0, 0.05) is 42.9 Å². The van der Waals surface area contributed by atoms with Gasteiger partial charge in [-0.3, -0.25) is 9.59 Å². The summed E-state index contributed by atoms with van der Waals surface area (Å²) in [6.45, 7) is 13.5. The summed E-state index contributed by atoms with van der Waals surface area (Å²) in [5.74, 6) is 0.789. The molecule has 12 nitrogen and oxygen atoms in total. The van der Waals surface area contributed by atoms with Crippen molar-refractivity contribution in [1.82, 2.24) is 0 Å². The number of benzene rings is 4. The van der Waals surface area contributed by atoms with E-state index in [9.17, 15) is 19.2 Å². The van der Waals surface area contributed by atoms with Crippen LogP contribution in [-0.4, -0.2) is 83.6 Å². The Morgan fingerprint density at radius 2 is 1.13 bits per heavy atom. The minimum Gasteiger partial charge on any atom is -0.496 e. The number of rotatable bonds is 8. The largest absolute Gasteiger partial charge is 0.496 e. The predicted molar refractivity (Wildman–Crippen MR) is 237 cm³/mol. The van der Waals surface area contributed by atoms with Crippen LogP contribution in [0.3, 0.4) is 0 Å². The molecule has 0 spiro atoms. The molecule has 318 valence electrons. The van der Waals surface area contributed by atoms with Gasteiger partial charge in [-0.25, -0.2) is 9.59 Å². The minimum absolute atomic E-state index is 0.145. The van der Waals surface area contributed by atoms with Crippen molar-refractivity contribution in [2.45, 2.75) is 78.4 Å². The first kappa shape index (κ1) is 45.9. The molecule has 4 aromatic carbocycles. The van der Waals surface area contributed by atoms with Crippen molar-refractivity contribution in [1.29, 1.82) is 0 Å². The Morgan fingerprint density at radius 1 is 0.650 bits per heavy atom. The third-order valence-corrected chi connectivity index (χ3v) is 11.9. The summed E-state index contributed by atoms with van der Waals surface area (Å²) in [7, 11) is 5.48. The molecular formula is C46H54BBrN2O10. The van der Waals surface area contributed by atoms with Crippen LogP contribution >= 0.6 is 15.9 Å². The molecule has 0 aliphatic carbocycles. The number of amides is 2. The molecule has 0 radical (unpaired) electrons. The van der Waals surface area contributed by atoms with E-state index in [0.717, 1.165) is 63.9 Å². The number of fused-ring (bicyclic) bond motifs is 2. The van der Waals surface area contributed by atoms with Crippen molar-refractivity contribution < 1.29 is 47.4 Å². The Labute approximate surface area is 361 Å². The topological polar surface area (TPSA) is 130 Å². The first-order valence-corrected chi connectivity index (χ1v) is 20.7. The van der Waals surface area contributed by atoms with Gasteiger partial charge in [-0.2, -0.15) is 0 Å². The number of hydrogen-bond donors (Lipinski definition) is 0. The van der Waals surface area contributed by atoms with Crippen LogP contribution in [0.25, 0.3) is 11.1 Å². The zero-order valence-corrected chi connectivity index (χ0v) is 37.7. The Hall–Kier alpha value is -5.18. The number of halogens is 1. The average molecular weight is 886 g/mol. The van der Waals surface area contributed by atoms with Gasteiger partial charge in [0.05, 0.1) is 55.2 Å². The van der Waals surface area contributed by atoms with Crippen molar-refractivity contribution in [3.8, 4) is 22.6 Å². The van der Waals surface area contributed by atoms with Crippen LogP contribution in [0.5, 0.6) is 11.5 Å². The number of carbonyl (C=O) groups is 4. The third kappa shape index (κ3) is 9.88. The second-order valence-corrected chi connectivity index (χ2v) is 16.2. The lowest BCUT2D eigenvalue weighted by atomic mass is 9.78. The summed E-state index contributed by atoms with van der Waals surface area (Å²) in [5.41, 5.74) is 7.56. The molecule has 60 heavy (non-hydrogen) atoms. The highest BCUT2D eigenvalue weighted by molar-refractivity contribution is 9.10. The van der Waals surface area contributed by atoms with Crippen LogP contribution in [0.2, 0.25) is 0 Å². The number of methoxy groups -OCH3 is 4. The first-order chi connectivity index (χ1) is 28.5. The van der Waals surface area contributed by atoms with Crippen molar-refractivity contribution in [3.63, 3.8) is 0 Å². The third-order valence-electron chi connectivity index (χ3n) is 11.2. The van der Waals surface area contributed by atoms with Gasteiger partial charge in [0.25, 0.3) is 0 Å². The lowest BCUT2D eigenvalue weighted by Gasteiger charge is -2.32. The van der Waals surface area contributed by atoms with Crippen LogP contribution in [0.4, 0.5) is 11.4 Å². The lowest BCUT2D eigenvalue weighted by molar-refractivity contribution is -0.119. The molecule has 3 heterocycles. The number of nitrogens with zero attached hydrogens (tertiary/aromatic N) is 2. The molecule has 0 unspecified atom stereocenters. The fourth-order valence-electron chi connectivity index (χ4n) is 7.10. The van der Waals surface area contributed by atoms with Gasteiger partial charge >= 0.3 is 19.1 Å². The predicted octanol–water partition coefficient (Wildman–Crippen LogP) is 7.98. The van der Waals surface area contributed by atoms with E-state index in [1.165, 1.54) is 19.8 Å². The van der Waals surface area contributed by atoms with E-state index in [0.29, 0.717) is 35.5 Å². The monoisotopic (exact) mass is 884 g/mol. The summed E-state index contributed by atoms with van der Waals surface area (Å²) in [5, 5.41) is 0. The number of carbonyl (C=O) groups excluding carboxylic acids is 4. The molecule has 0 atom stereocenters. The minimum atomic E-state index is -0.396. The molecule has 2 amide bonds. The van der Waals surface area contributed by atoms with Crippen LogP contribution in [0.15, 0.2) is 77.3 Å². The van der Waals surface area contributed by atoms with Crippen LogP contribution in [0, 0.1) is 0 Å². The molecule has 4 aromatic rings. The summed E-state index contributed by atoms with van der Waals surface area (Å²) < 4.78 is 32.8. The summed E-state index contributed by atoms with van der Waals surface area (Å²) in [6, 6.07) is 22.5.